The first-order chi connectivity index (χ1) is 13.5. The van der Waals surface area contributed by atoms with Crippen LogP contribution < -0.4 is 14.8 Å². The van der Waals surface area contributed by atoms with Crippen molar-refractivity contribution in [1.82, 2.24) is 5.32 Å². The highest BCUT2D eigenvalue weighted by Crippen LogP contribution is 2.28. The molecule has 2 aromatic carbocycles. The summed E-state index contributed by atoms with van der Waals surface area (Å²) in [6.45, 7) is 4.87. The number of methoxy groups -OCH3 is 2. The lowest BCUT2D eigenvalue weighted by atomic mass is 10.00. The van der Waals surface area contributed by atoms with E-state index in [-0.39, 0.29) is 5.91 Å². The standard InChI is InChI=1S/C23H27NO4/c1-15(2)17-6-8-20-19(12-17)18(14-28-20)13-23(25)24-10-9-16-5-7-21(26-3)22(11-16)27-4/h5-8,11-12,14-15H,9-10,13H2,1-4H3,(H,24,25). The zero-order valence-electron chi connectivity index (χ0n) is 16.9. The monoisotopic (exact) mass is 381 g/mol. The number of ether oxygens (including phenoxy) is 2. The summed E-state index contributed by atoms with van der Waals surface area (Å²) in [5.41, 5.74) is 4.05. The zero-order chi connectivity index (χ0) is 20.1. The van der Waals surface area contributed by atoms with Crippen molar-refractivity contribution in [2.45, 2.75) is 32.6 Å². The fourth-order valence-electron chi connectivity index (χ4n) is 3.21. The molecule has 1 heterocycles. The molecular weight excluding hydrogens is 354 g/mol. The summed E-state index contributed by atoms with van der Waals surface area (Å²) in [6, 6.07) is 12.0. The molecule has 5 heteroatoms. The Morgan fingerprint density at radius 1 is 1.07 bits per heavy atom. The molecule has 0 aliphatic rings. The molecule has 0 radical (unpaired) electrons. The molecule has 3 rings (SSSR count). The lowest BCUT2D eigenvalue weighted by Crippen LogP contribution is -2.27. The van der Waals surface area contributed by atoms with E-state index >= 15 is 0 Å². The third-order valence-electron chi connectivity index (χ3n) is 4.88. The molecule has 148 valence electrons. The van der Waals surface area contributed by atoms with E-state index in [0.717, 1.165) is 28.5 Å². The highest BCUT2D eigenvalue weighted by molar-refractivity contribution is 5.88. The number of carbonyl (C=O) groups is 1. The molecule has 0 bridgehead atoms. The van der Waals surface area contributed by atoms with E-state index in [4.69, 9.17) is 13.9 Å². The number of amides is 1. The zero-order valence-corrected chi connectivity index (χ0v) is 16.9. The first-order valence-electron chi connectivity index (χ1n) is 9.49. The normalized spacial score (nSPS) is 11.0. The first-order valence-corrected chi connectivity index (χ1v) is 9.49. The van der Waals surface area contributed by atoms with Crippen LogP contribution in [0.1, 0.15) is 36.5 Å². The highest BCUT2D eigenvalue weighted by Gasteiger charge is 2.12. The fourth-order valence-corrected chi connectivity index (χ4v) is 3.21. The number of carbonyl (C=O) groups excluding carboxylic acids is 1. The summed E-state index contributed by atoms with van der Waals surface area (Å²) in [5, 5.41) is 4.00. The van der Waals surface area contributed by atoms with Crippen LogP contribution in [-0.4, -0.2) is 26.7 Å². The van der Waals surface area contributed by atoms with Crippen molar-refractivity contribution in [2.75, 3.05) is 20.8 Å². The summed E-state index contributed by atoms with van der Waals surface area (Å²) >= 11 is 0. The fraction of sp³-hybridized carbons (Fsp3) is 0.348. The van der Waals surface area contributed by atoms with Crippen LogP contribution in [0.4, 0.5) is 0 Å². The molecular formula is C23H27NO4. The van der Waals surface area contributed by atoms with Crippen LogP contribution in [0.15, 0.2) is 47.1 Å². The van der Waals surface area contributed by atoms with E-state index in [0.29, 0.717) is 30.4 Å². The summed E-state index contributed by atoms with van der Waals surface area (Å²) < 4.78 is 16.2. The summed E-state index contributed by atoms with van der Waals surface area (Å²) in [7, 11) is 3.23. The Labute approximate surface area is 165 Å². The Morgan fingerprint density at radius 2 is 1.86 bits per heavy atom. The van der Waals surface area contributed by atoms with Crippen LogP contribution in [0, 0.1) is 0 Å². The molecule has 28 heavy (non-hydrogen) atoms. The second-order valence-electron chi connectivity index (χ2n) is 7.14. The summed E-state index contributed by atoms with van der Waals surface area (Å²) in [6.07, 6.45) is 2.71. The average molecular weight is 381 g/mol. The van der Waals surface area contributed by atoms with Gasteiger partial charge in [-0.05, 0) is 47.7 Å². The van der Waals surface area contributed by atoms with Crippen molar-refractivity contribution in [3.8, 4) is 11.5 Å². The van der Waals surface area contributed by atoms with Crippen LogP contribution in [0.5, 0.6) is 11.5 Å². The van der Waals surface area contributed by atoms with Gasteiger partial charge in [0, 0.05) is 17.5 Å². The predicted molar refractivity (Wildman–Crippen MR) is 110 cm³/mol. The quantitative estimate of drug-likeness (QED) is 0.625. The van der Waals surface area contributed by atoms with Crippen molar-refractivity contribution in [3.05, 3.63) is 59.4 Å². The molecule has 0 unspecified atom stereocenters. The number of nitrogens with one attached hydrogen (secondary N) is 1. The second-order valence-corrected chi connectivity index (χ2v) is 7.14. The molecule has 0 aliphatic heterocycles. The van der Waals surface area contributed by atoms with Gasteiger partial charge in [0.1, 0.15) is 5.58 Å². The van der Waals surface area contributed by atoms with E-state index in [1.807, 2.05) is 24.3 Å². The maximum absolute atomic E-state index is 12.4. The smallest absolute Gasteiger partial charge is 0.224 e. The molecule has 0 atom stereocenters. The van der Waals surface area contributed by atoms with Crippen molar-refractivity contribution >= 4 is 16.9 Å². The van der Waals surface area contributed by atoms with Gasteiger partial charge in [0.2, 0.25) is 5.91 Å². The van der Waals surface area contributed by atoms with Gasteiger partial charge < -0.3 is 19.2 Å². The lowest BCUT2D eigenvalue weighted by molar-refractivity contribution is -0.120. The van der Waals surface area contributed by atoms with Crippen LogP contribution in [-0.2, 0) is 17.6 Å². The molecule has 0 fully saturated rings. The minimum atomic E-state index is -0.0156. The number of furan rings is 1. The van der Waals surface area contributed by atoms with Crippen molar-refractivity contribution in [2.24, 2.45) is 0 Å². The highest BCUT2D eigenvalue weighted by atomic mass is 16.5. The van der Waals surface area contributed by atoms with Gasteiger partial charge in [-0.2, -0.15) is 0 Å². The SMILES string of the molecule is COc1ccc(CCNC(=O)Cc2coc3ccc(C(C)C)cc23)cc1OC. The van der Waals surface area contributed by atoms with Crippen LogP contribution in [0.25, 0.3) is 11.0 Å². The van der Waals surface area contributed by atoms with Gasteiger partial charge in [-0.3, -0.25) is 4.79 Å². The van der Waals surface area contributed by atoms with Gasteiger partial charge in [0.15, 0.2) is 11.5 Å². The minimum absolute atomic E-state index is 0.0156. The van der Waals surface area contributed by atoms with E-state index in [2.05, 4.69) is 31.3 Å². The predicted octanol–water partition coefficient (Wildman–Crippen LogP) is 4.47. The number of benzene rings is 2. The Kier molecular flexibility index (Phi) is 6.24. The Morgan fingerprint density at radius 3 is 2.57 bits per heavy atom. The molecule has 0 saturated heterocycles. The summed E-state index contributed by atoms with van der Waals surface area (Å²) in [4.78, 5) is 12.4. The van der Waals surface area contributed by atoms with Gasteiger partial charge in [-0.25, -0.2) is 0 Å². The van der Waals surface area contributed by atoms with Crippen LogP contribution in [0.2, 0.25) is 0 Å². The summed E-state index contributed by atoms with van der Waals surface area (Å²) in [5.74, 6) is 1.81. The maximum atomic E-state index is 12.4. The Bertz CT molecular complexity index is 958. The van der Waals surface area contributed by atoms with E-state index < -0.39 is 0 Å². The third-order valence-corrected chi connectivity index (χ3v) is 4.88. The van der Waals surface area contributed by atoms with E-state index in [1.165, 1.54) is 5.56 Å². The molecule has 5 nitrogen and oxygen atoms in total. The number of hydrogen-bond donors (Lipinski definition) is 1. The largest absolute Gasteiger partial charge is 0.493 e. The molecule has 1 N–H and O–H groups in total. The number of hydrogen-bond acceptors (Lipinski definition) is 4. The number of rotatable bonds is 8. The molecule has 0 spiro atoms. The van der Waals surface area contributed by atoms with Crippen molar-refractivity contribution in [3.63, 3.8) is 0 Å². The maximum Gasteiger partial charge on any atom is 0.224 e. The molecule has 0 saturated carbocycles. The molecule has 1 amide bonds. The van der Waals surface area contributed by atoms with Gasteiger partial charge >= 0.3 is 0 Å². The van der Waals surface area contributed by atoms with Crippen molar-refractivity contribution < 1.29 is 18.7 Å². The van der Waals surface area contributed by atoms with Gasteiger partial charge in [0.25, 0.3) is 0 Å². The lowest BCUT2D eigenvalue weighted by Gasteiger charge is -2.10. The average Bonchev–Trinajstić information content (AvgIpc) is 3.09. The van der Waals surface area contributed by atoms with E-state index in [9.17, 15) is 4.79 Å². The minimum Gasteiger partial charge on any atom is -0.493 e. The van der Waals surface area contributed by atoms with Crippen LogP contribution in [0.3, 0.4) is 0 Å². The molecule has 0 aliphatic carbocycles. The van der Waals surface area contributed by atoms with Gasteiger partial charge in [-0.15, -0.1) is 0 Å². The Balaban J connectivity index is 1.59. The molecule has 1 aromatic heterocycles. The third kappa shape index (κ3) is 4.47. The van der Waals surface area contributed by atoms with Gasteiger partial charge in [0.05, 0.1) is 26.9 Å². The van der Waals surface area contributed by atoms with E-state index in [1.54, 1.807) is 20.5 Å². The van der Waals surface area contributed by atoms with Crippen LogP contribution >= 0.6 is 0 Å². The van der Waals surface area contributed by atoms with Crippen molar-refractivity contribution in [1.29, 1.82) is 0 Å². The first kappa shape index (κ1) is 19.8. The number of fused-ring (bicyclic) bond motifs is 1. The van der Waals surface area contributed by atoms with Gasteiger partial charge in [-0.1, -0.05) is 26.0 Å². The topological polar surface area (TPSA) is 60.7 Å². The Hall–Kier alpha value is -2.95. The second kappa shape index (κ2) is 8.83. The molecule has 3 aromatic rings.